The molecule has 2 saturated heterocycles. The number of carbonyl (C=O) groups excluding carboxylic acids is 1. The molecule has 1 amide bonds. The molecule has 2 aliphatic heterocycles. The first-order valence-corrected chi connectivity index (χ1v) is 10.3. The van der Waals surface area contributed by atoms with Crippen LogP contribution in [-0.4, -0.2) is 47.6 Å². The summed E-state index contributed by atoms with van der Waals surface area (Å²) in [7, 11) is 0. The standard InChI is InChI=1S/C20H25N3O2S/c24-19(18-8-4-5-11-23(18)16-9-12-25-13-10-16)22-20-21-17(14-26-20)15-6-2-1-3-7-15/h1-3,6-7,14,16,18H,4-5,8-13H2,(H,21,22,24)/t18-/m0/s1. The molecule has 26 heavy (non-hydrogen) atoms. The monoisotopic (exact) mass is 371 g/mol. The maximum Gasteiger partial charge on any atom is 0.243 e. The quantitative estimate of drug-likeness (QED) is 0.889. The van der Waals surface area contributed by atoms with E-state index >= 15 is 0 Å². The number of carbonyl (C=O) groups is 1. The maximum atomic E-state index is 12.9. The highest BCUT2D eigenvalue weighted by Gasteiger charge is 2.34. The SMILES string of the molecule is O=C(Nc1nc(-c2ccccc2)cs1)[C@@H]1CCCCN1C1CCOCC1. The predicted octanol–water partition coefficient (Wildman–Crippen LogP) is 3.78. The fourth-order valence-corrected chi connectivity index (χ4v) is 4.67. The number of thiazole rings is 1. The van der Waals surface area contributed by atoms with Crippen LogP contribution in [0.3, 0.4) is 0 Å². The van der Waals surface area contributed by atoms with Crippen molar-refractivity contribution < 1.29 is 9.53 Å². The van der Waals surface area contributed by atoms with Crippen LogP contribution in [0.2, 0.25) is 0 Å². The van der Waals surface area contributed by atoms with Gasteiger partial charge in [0.05, 0.1) is 11.7 Å². The summed E-state index contributed by atoms with van der Waals surface area (Å²) in [5.74, 6) is 0.0881. The van der Waals surface area contributed by atoms with Gasteiger partial charge in [0.25, 0.3) is 0 Å². The van der Waals surface area contributed by atoms with Gasteiger partial charge in [-0.05, 0) is 32.2 Å². The number of amides is 1. The molecule has 0 spiro atoms. The highest BCUT2D eigenvalue weighted by Crippen LogP contribution is 2.28. The van der Waals surface area contributed by atoms with Gasteiger partial charge < -0.3 is 10.1 Å². The second kappa shape index (κ2) is 8.29. The second-order valence-corrected chi connectivity index (χ2v) is 7.84. The highest BCUT2D eigenvalue weighted by molar-refractivity contribution is 7.14. The Hall–Kier alpha value is -1.76. The number of benzene rings is 1. The van der Waals surface area contributed by atoms with E-state index in [1.807, 2.05) is 35.7 Å². The van der Waals surface area contributed by atoms with Crippen molar-refractivity contribution in [1.82, 2.24) is 9.88 Å². The number of ether oxygens (including phenoxy) is 1. The van der Waals surface area contributed by atoms with E-state index in [1.165, 1.54) is 17.8 Å². The molecule has 1 atom stereocenters. The van der Waals surface area contributed by atoms with E-state index < -0.39 is 0 Å². The van der Waals surface area contributed by atoms with Crippen molar-refractivity contribution in [3.63, 3.8) is 0 Å². The molecule has 1 aromatic carbocycles. The van der Waals surface area contributed by atoms with Crippen molar-refractivity contribution in [3.05, 3.63) is 35.7 Å². The topological polar surface area (TPSA) is 54.5 Å². The lowest BCUT2D eigenvalue weighted by molar-refractivity contribution is -0.124. The molecule has 6 heteroatoms. The average molecular weight is 372 g/mol. The number of hydrogen-bond donors (Lipinski definition) is 1. The van der Waals surface area contributed by atoms with E-state index in [-0.39, 0.29) is 11.9 Å². The molecular formula is C20H25N3O2S. The molecule has 0 saturated carbocycles. The Morgan fingerprint density at radius 2 is 1.96 bits per heavy atom. The third-order valence-corrected chi connectivity index (χ3v) is 6.07. The van der Waals surface area contributed by atoms with Gasteiger partial charge in [0, 0.05) is 30.2 Å². The zero-order valence-corrected chi connectivity index (χ0v) is 15.7. The van der Waals surface area contributed by atoms with Gasteiger partial charge in [-0.25, -0.2) is 4.98 Å². The lowest BCUT2D eigenvalue weighted by Gasteiger charge is -2.41. The Labute approximate surface area is 158 Å². The van der Waals surface area contributed by atoms with Crippen molar-refractivity contribution in [1.29, 1.82) is 0 Å². The number of nitrogens with zero attached hydrogens (tertiary/aromatic N) is 2. The van der Waals surface area contributed by atoms with Crippen molar-refractivity contribution >= 4 is 22.4 Å². The predicted molar refractivity (Wildman–Crippen MR) is 104 cm³/mol. The molecule has 0 unspecified atom stereocenters. The molecule has 1 N–H and O–H groups in total. The summed E-state index contributed by atoms with van der Waals surface area (Å²) in [6.07, 6.45) is 5.28. The molecule has 0 aliphatic carbocycles. The first kappa shape index (κ1) is 17.6. The molecule has 4 rings (SSSR count). The fraction of sp³-hybridized carbons (Fsp3) is 0.500. The van der Waals surface area contributed by atoms with Crippen LogP contribution in [0.4, 0.5) is 5.13 Å². The Bertz CT molecular complexity index is 728. The van der Waals surface area contributed by atoms with Gasteiger partial charge in [-0.15, -0.1) is 11.3 Å². The van der Waals surface area contributed by atoms with Crippen LogP contribution in [0, 0.1) is 0 Å². The number of likely N-dealkylation sites (tertiary alicyclic amines) is 1. The number of rotatable bonds is 4. The fourth-order valence-electron chi connectivity index (χ4n) is 3.95. The second-order valence-electron chi connectivity index (χ2n) is 6.99. The van der Waals surface area contributed by atoms with Crippen molar-refractivity contribution in [2.45, 2.75) is 44.2 Å². The van der Waals surface area contributed by atoms with E-state index in [4.69, 9.17) is 4.74 Å². The molecule has 5 nitrogen and oxygen atoms in total. The van der Waals surface area contributed by atoms with Crippen LogP contribution in [0.15, 0.2) is 35.7 Å². The van der Waals surface area contributed by atoms with Gasteiger partial charge in [0.1, 0.15) is 0 Å². The number of aromatic nitrogens is 1. The van der Waals surface area contributed by atoms with Gasteiger partial charge in [-0.2, -0.15) is 0 Å². The molecule has 2 aliphatic rings. The molecule has 138 valence electrons. The Balaban J connectivity index is 1.44. The third kappa shape index (κ3) is 3.98. The lowest BCUT2D eigenvalue weighted by atomic mass is 9.96. The summed E-state index contributed by atoms with van der Waals surface area (Å²) in [6.45, 7) is 2.63. The number of anilines is 1. The van der Waals surface area contributed by atoms with Crippen molar-refractivity contribution in [3.8, 4) is 11.3 Å². The zero-order valence-electron chi connectivity index (χ0n) is 14.9. The molecule has 0 bridgehead atoms. The summed E-state index contributed by atoms with van der Waals surface area (Å²) in [5, 5.41) is 5.75. The average Bonchev–Trinajstić information content (AvgIpc) is 3.18. The Morgan fingerprint density at radius 3 is 2.77 bits per heavy atom. The molecule has 0 radical (unpaired) electrons. The zero-order chi connectivity index (χ0) is 17.8. The van der Waals surface area contributed by atoms with Crippen LogP contribution in [0.1, 0.15) is 32.1 Å². The van der Waals surface area contributed by atoms with Gasteiger partial charge in [-0.1, -0.05) is 36.8 Å². The Morgan fingerprint density at radius 1 is 1.15 bits per heavy atom. The van der Waals surface area contributed by atoms with Gasteiger partial charge in [0.2, 0.25) is 5.91 Å². The van der Waals surface area contributed by atoms with Crippen LogP contribution in [-0.2, 0) is 9.53 Å². The molecule has 3 heterocycles. The van der Waals surface area contributed by atoms with E-state index in [9.17, 15) is 4.79 Å². The maximum absolute atomic E-state index is 12.9. The molecule has 2 fully saturated rings. The van der Waals surface area contributed by atoms with E-state index in [0.717, 1.165) is 56.7 Å². The van der Waals surface area contributed by atoms with Crippen molar-refractivity contribution in [2.24, 2.45) is 0 Å². The van der Waals surface area contributed by atoms with Crippen LogP contribution in [0.25, 0.3) is 11.3 Å². The molecule has 2 aromatic rings. The van der Waals surface area contributed by atoms with E-state index in [1.54, 1.807) is 0 Å². The summed E-state index contributed by atoms with van der Waals surface area (Å²) in [5.41, 5.74) is 1.99. The lowest BCUT2D eigenvalue weighted by Crippen LogP contribution is -2.53. The van der Waals surface area contributed by atoms with Gasteiger partial charge >= 0.3 is 0 Å². The smallest absolute Gasteiger partial charge is 0.243 e. The number of piperidine rings is 1. The summed E-state index contributed by atoms with van der Waals surface area (Å²) < 4.78 is 5.49. The Kier molecular flexibility index (Phi) is 5.62. The van der Waals surface area contributed by atoms with Crippen LogP contribution >= 0.6 is 11.3 Å². The minimum atomic E-state index is -0.0454. The van der Waals surface area contributed by atoms with Crippen molar-refractivity contribution in [2.75, 3.05) is 25.1 Å². The van der Waals surface area contributed by atoms with Gasteiger partial charge in [-0.3, -0.25) is 9.69 Å². The first-order chi connectivity index (χ1) is 12.8. The molecule has 1 aromatic heterocycles. The summed E-state index contributed by atoms with van der Waals surface area (Å²) in [6, 6.07) is 10.5. The van der Waals surface area contributed by atoms with Crippen LogP contribution in [0.5, 0.6) is 0 Å². The first-order valence-electron chi connectivity index (χ1n) is 9.46. The number of nitrogens with one attached hydrogen (secondary N) is 1. The number of hydrogen-bond acceptors (Lipinski definition) is 5. The largest absolute Gasteiger partial charge is 0.381 e. The third-order valence-electron chi connectivity index (χ3n) is 5.31. The van der Waals surface area contributed by atoms with Crippen LogP contribution < -0.4 is 5.32 Å². The van der Waals surface area contributed by atoms with E-state index in [2.05, 4.69) is 15.2 Å². The minimum absolute atomic E-state index is 0.0454. The molecular weight excluding hydrogens is 346 g/mol. The summed E-state index contributed by atoms with van der Waals surface area (Å²) >= 11 is 1.49. The minimum Gasteiger partial charge on any atom is -0.381 e. The van der Waals surface area contributed by atoms with Gasteiger partial charge in [0.15, 0.2) is 5.13 Å². The summed E-state index contributed by atoms with van der Waals surface area (Å²) in [4.78, 5) is 20.0. The normalized spacial score (nSPS) is 22.2. The van der Waals surface area contributed by atoms with E-state index in [0.29, 0.717) is 11.2 Å². The highest BCUT2D eigenvalue weighted by atomic mass is 32.1.